The number of hydrogen-bond donors (Lipinski definition) is 1. The van der Waals surface area contributed by atoms with E-state index in [4.69, 9.17) is 0 Å². The fourth-order valence-corrected chi connectivity index (χ4v) is 2.32. The molecule has 21 heavy (non-hydrogen) atoms. The SMILES string of the molecule is CN(C)CCNC(=O)[C@@H]1CC(=O)N(c2cccc(F)c2)C1. The average Bonchev–Trinajstić information content (AvgIpc) is 2.80. The summed E-state index contributed by atoms with van der Waals surface area (Å²) in [4.78, 5) is 27.5. The summed E-state index contributed by atoms with van der Waals surface area (Å²) in [5.41, 5.74) is 0.503. The second-order valence-electron chi connectivity index (χ2n) is 5.48. The highest BCUT2D eigenvalue weighted by Crippen LogP contribution is 2.25. The Balaban J connectivity index is 1.94. The highest BCUT2D eigenvalue weighted by atomic mass is 19.1. The highest BCUT2D eigenvalue weighted by Gasteiger charge is 2.35. The van der Waals surface area contributed by atoms with Gasteiger partial charge in [-0.2, -0.15) is 0 Å². The van der Waals surface area contributed by atoms with Crippen molar-refractivity contribution in [1.82, 2.24) is 10.2 Å². The summed E-state index contributed by atoms with van der Waals surface area (Å²) < 4.78 is 13.2. The van der Waals surface area contributed by atoms with Crippen LogP contribution in [0.15, 0.2) is 24.3 Å². The van der Waals surface area contributed by atoms with E-state index in [-0.39, 0.29) is 30.0 Å². The fourth-order valence-electron chi connectivity index (χ4n) is 2.32. The van der Waals surface area contributed by atoms with Crippen molar-refractivity contribution in [2.24, 2.45) is 5.92 Å². The first-order valence-corrected chi connectivity index (χ1v) is 6.95. The number of carbonyl (C=O) groups is 2. The van der Waals surface area contributed by atoms with Gasteiger partial charge in [0.25, 0.3) is 0 Å². The number of nitrogens with zero attached hydrogens (tertiary/aromatic N) is 2. The maximum Gasteiger partial charge on any atom is 0.227 e. The molecule has 0 radical (unpaired) electrons. The van der Waals surface area contributed by atoms with Gasteiger partial charge < -0.3 is 15.1 Å². The van der Waals surface area contributed by atoms with Crippen molar-refractivity contribution in [1.29, 1.82) is 0 Å². The smallest absolute Gasteiger partial charge is 0.227 e. The Morgan fingerprint density at radius 2 is 2.24 bits per heavy atom. The Kier molecular flexibility index (Phi) is 4.90. The number of halogens is 1. The predicted molar refractivity (Wildman–Crippen MR) is 78.4 cm³/mol. The van der Waals surface area contributed by atoms with E-state index in [0.29, 0.717) is 18.8 Å². The molecule has 2 amide bonds. The summed E-state index contributed by atoms with van der Waals surface area (Å²) in [6.45, 7) is 1.60. The van der Waals surface area contributed by atoms with Crippen LogP contribution in [0.3, 0.4) is 0 Å². The maximum atomic E-state index is 13.2. The molecule has 0 spiro atoms. The Morgan fingerprint density at radius 1 is 1.48 bits per heavy atom. The number of carbonyl (C=O) groups excluding carboxylic acids is 2. The van der Waals surface area contributed by atoms with E-state index in [1.807, 2.05) is 19.0 Å². The van der Waals surface area contributed by atoms with Crippen molar-refractivity contribution >= 4 is 17.5 Å². The van der Waals surface area contributed by atoms with Gasteiger partial charge in [0.2, 0.25) is 11.8 Å². The van der Waals surface area contributed by atoms with Crippen LogP contribution in [0, 0.1) is 11.7 Å². The Bertz CT molecular complexity index is 533. The van der Waals surface area contributed by atoms with E-state index >= 15 is 0 Å². The number of nitrogens with one attached hydrogen (secondary N) is 1. The number of hydrogen-bond acceptors (Lipinski definition) is 3. The monoisotopic (exact) mass is 293 g/mol. The third-order valence-electron chi connectivity index (χ3n) is 3.47. The molecule has 1 aromatic rings. The number of anilines is 1. The number of rotatable bonds is 5. The zero-order chi connectivity index (χ0) is 15.4. The molecule has 0 aromatic heterocycles. The van der Waals surface area contributed by atoms with E-state index in [9.17, 15) is 14.0 Å². The predicted octanol–water partition coefficient (Wildman–Crippen LogP) is 0.856. The van der Waals surface area contributed by atoms with Gasteiger partial charge in [-0.05, 0) is 32.3 Å². The summed E-state index contributed by atoms with van der Waals surface area (Å²) in [5.74, 6) is -1.03. The Hall–Kier alpha value is -1.95. The van der Waals surface area contributed by atoms with Crippen LogP contribution < -0.4 is 10.2 Å². The first kappa shape index (κ1) is 15.4. The zero-order valence-electron chi connectivity index (χ0n) is 12.3. The van der Waals surface area contributed by atoms with Gasteiger partial charge in [0.15, 0.2) is 0 Å². The lowest BCUT2D eigenvalue weighted by Gasteiger charge is -2.17. The zero-order valence-corrected chi connectivity index (χ0v) is 12.3. The second kappa shape index (κ2) is 6.67. The van der Waals surface area contributed by atoms with Crippen LogP contribution in [0.5, 0.6) is 0 Å². The van der Waals surface area contributed by atoms with Crippen LogP contribution in [0.25, 0.3) is 0 Å². The standard InChI is InChI=1S/C15H20FN3O2/c1-18(2)7-6-17-15(21)11-8-14(20)19(10-11)13-5-3-4-12(16)9-13/h3-5,9,11H,6-8,10H2,1-2H3,(H,17,21)/t11-/m1/s1. The second-order valence-corrected chi connectivity index (χ2v) is 5.48. The van der Waals surface area contributed by atoms with Gasteiger partial charge >= 0.3 is 0 Å². The molecule has 6 heteroatoms. The van der Waals surface area contributed by atoms with E-state index < -0.39 is 0 Å². The van der Waals surface area contributed by atoms with E-state index in [1.165, 1.54) is 17.0 Å². The quantitative estimate of drug-likeness (QED) is 0.876. The van der Waals surface area contributed by atoms with Crippen molar-refractivity contribution in [2.75, 3.05) is 38.6 Å². The molecule has 1 aliphatic rings. The van der Waals surface area contributed by atoms with E-state index in [2.05, 4.69) is 5.32 Å². The first-order chi connectivity index (χ1) is 9.97. The molecule has 1 N–H and O–H groups in total. The van der Waals surface area contributed by atoms with Crippen molar-refractivity contribution in [2.45, 2.75) is 6.42 Å². The number of benzene rings is 1. The molecule has 1 atom stereocenters. The third kappa shape index (κ3) is 4.01. The van der Waals surface area contributed by atoms with Gasteiger partial charge in [0, 0.05) is 31.7 Å². The van der Waals surface area contributed by atoms with Crippen molar-refractivity contribution < 1.29 is 14.0 Å². The lowest BCUT2D eigenvalue weighted by molar-refractivity contribution is -0.126. The van der Waals surface area contributed by atoms with Gasteiger partial charge in [-0.15, -0.1) is 0 Å². The number of amides is 2. The minimum absolute atomic E-state index is 0.121. The summed E-state index contributed by atoms with van der Waals surface area (Å²) in [5, 5.41) is 2.83. The molecule has 0 aliphatic carbocycles. The molecular weight excluding hydrogens is 273 g/mol. The molecule has 0 saturated carbocycles. The molecule has 1 aliphatic heterocycles. The van der Waals surface area contributed by atoms with Gasteiger partial charge in [-0.25, -0.2) is 4.39 Å². The van der Waals surface area contributed by atoms with Crippen LogP contribution >= 0.6 is 0 Å². The van der Waals surface area contributed by atoms with Gasteiger partial charge in [-0.1, -0.05) is 6.07 Å². The molecule has 0 bridgehead atoms. The Labute approximate surface area is 123 Å². The lowest BCUT2D eigenvalue weighted by atomic mass is 10.1. The minimum atomic E-state index is -0.390. The number of likely N-dealkylation sites (N-methyl/N-ethyl adjacent to an activating group) is 1. The molecule has 114 valence electrons. The normalized spacial score (nSPS) is 18.4. The van der Waals surface area contributed by atoms with Crippen molar-refractivity contribution in [3.8, 4) is 0 Å². The third-order valence-corrected chi connectivity index (χ3v) is 3.47. The molecule has 0 unspecified atom stereocenters. The van der Waals surface area contributed by atoms with E-state index in [1.54, 1.807) is 12.1 Å². The minimum Gasteiger partial charge on any atom is -0.355 e. The molecular formula is C15H20FN3O2. The first-order valence-electron chi connectivity index (χ1n) is 6.95. The fraction of sp³-hybridized carbons (Fsp3) is 0.467. The van der Waals surface area contributed by atoms with Gasteiger partial charge in [0.1, 0.15) is 5.82 Å². The van der Waals surface area contributed by atoms with Crippen LogP contribution in [-0.2, 0) is 9.59 Å². The van der Waals surface area contributed by atoms with Gasteiger partial charge in [-0.3, -0.25) is 9.59 Å². The van der Waals surface area contributed by atoms with Crippen molar-refractivity contribution in [3.63, 3.8) is 0 Å². The van der Waals surface area contributed by atoms with Crippen LogP contribution in [0.4, 0.5) is 10.1 Å². The summed E-state index contributed by atoms with van der Waals surface area (Å²) in [6, 6.07) is 5.87. The summed E-state index contributed by atoms with van der Waals surface area (Å²) in [6.07, 6.45) is 0.171. The molecule has 2 rings (SSSR count). The summed E-state index contributed by atoms with van der Waals surface area (Å²) in [7, 11) is 3.86. The molecule has 1 fully saturated rings. The Morgan fingerprint density at radius 3 is 2.90 bits per heavy atom. The highest BCUT2D eigenvalue weighted by molar-refractivity contribution is 6.00. The lowest BCUT2D eigenvalue weighted by Crippen LogP contribution is -2.36. The van der Waals surface area contributed by atoms with Gasteiger partial charge in [0.05, 0.1) is 5.92 Å². The van der Waals surface area contributed by atoms with Crippen LogP contribution in [0.2, 0.25) is 0 Å². The molecule has 5 nitrogen and oxygen atoms in total. The van der Waals surface area contributed by atoms with Crippen LogP contribution in [0.1, 0.15) is 6.42 Å². The topological polar surface area (TPSA) is 52.7 Å². The van der Waals surface area contributed by atoms with E-state index in [0.717, 1.165) is 6.54 Å². The molecule has 1 aromatic carbocycles. The maximum absolute atomic E-state index is 13.2. The van der Waals surface area contributed by atoms with Crippen LogP contribution in [-0.4, -0.2) is 50.4 Å². The molecule has 1 saturated heterocycles. The summed E-state index contributed by atoms with van der Waals surface area (Å²) >= 11 is 0. The molecule has 1 heterocycles. The van der Waals surface area contributed by atoms with Crippen molar-refractivity contribution in [3.05, 3.63) is 30.1 Å². The largest absolute Gasteiger partial charge is 0.355 e. The average molecular weight is 293 g/mol.